The van der Waals surface area contributed by atoms with Crippen molar-refractivity contribution in [1.82, 2.24) is 4.90 Å². The Hall–Kier alpha value is -0.900. The number of hydrogen-bond donors (Lipinski definition) is 2. The van der Waals surface area contributed by atoms with Gasteiger partial charge in [-0.15, -0.1) is 0 Å². The summed E-state index contributed by atoms with van der Waals surface area (Å²) < 4.78 is 0. The minimum absolute atomic E-state index is 0.244. The molecule has 0 spiro atoms. The molecule has 1 saturated heterocycles. The summed E-state index contributed by atoms with van der Waals surface area (Å²) in [5.74, 6) is 0.244. The average molecular weight is 206 g/mol. The number of likely N-dealkylation sites (tertiary alicyclic amines) is 1. The molecular formula is C12H18N2O. The SMILES string of the molecule is NCC1CN(Cc2ccccc2)CC1O. The van der Waals surface area contributed by atoms with Crippen LogP contribution >= 0.6 is 0 Å². The molecule has 0 aromatic heterocycles. The third-order valence-corrected chi connectivity index (χ3v) is 3.03. The van der Waals surface area contributed by atoms with Gasteiger partial charge in [0.2, 0.25) is 0 Å². The molecule has 2 atom stereocenters. The summed E-state index contributed by atoms with van der Waals surface area (Å²) in [7, 11) is 0. The first-order valence-corrected chi connectivity index (χ1v) is 5.44. The minimum atomic E-state index is -0.251. The highest BCUT2D eigenvalue weighted by Crippen LogP contribution is 2.18. The largest absolute Gasteiger partial charge is 0.391 e. The van der Waals surface area contributed by atoms with E-state index in [1.165, 1.54) is 5.56 Å². The Balaban J connectivity index is 1.92. The van der Waals surface area contributed by atoms with Gasteiger partial charge in [-0.1, -0.05) is 30.3 Å². The zero-order valence-electron chi connectivity index (χ0n) is 8.84. The Morgan fingerprint density at radius 3 is 2.60 bits per heavy atom. The Kier molecular flexibility index (Phi) is 3.36. The first-order valence-electron chi connectivity index (χ1n) is 5.44. The van der Waals surface area contributed by atoms with Crippen LogP contribution in [0.15, 0.2) is 30.3 Å². The Labute approximate surface area is 90.5 Å². The lowest BCUT2D eigenvalue weighted by molar-refractivity contribution is 0.144. The average Bonchev–Trinajstić information content (AvgIpc) is 2.60. The first kappa shape index (κ1) is 10.6. The second-order valence-corrected chi connectivity index (χ2v) is 4.24. The predicted molar refractivity (Wildman–Crippen MR) is 60.3 cm³/mol. The van der Waals surface area contributed by atoms with E-state index in [0.29, 0.717) is 6.54 Å². The van der Waals surface area contributed by atoms with Crippen LogP contribution in [0.2, 0.25) is 0 Å². The normalized spacial score (nSPS) is 27.1. The highest BCUT2D eigenvalue weighted by molar-refractivity contribution is 5.14. The molecule has 15 heavy (non-hydrogen) atoms. The van der Waals surface area contributed by atoms with Crippen LogP contribution in [-0.2, 0) is 6.54 Å². The maximum absolute atomic E-state index is 9.72. The van der Waals surface area contributed by atoms with Crippen molar-refractivity contribution >= 4 is 0 Å². The van der Waals surface area contributed by atoms with E-state index in [4.69, 9.17) is 5.73 Å². The fourth-order valence-electron chi connectivity index (χ4n) is 2.14. The predicted octanol–water partition coefficient (Wildman–Crippen LogP) is 0.438. The number of benzene rings is 1. The molecule has 2 unspecified atom stereocenters. The molecule has 0 amide bonds. The van der Waals surface area contributed by atoms with Crippen LogP contribution in [0.3, 0.4) is 0 Å². The Bertz CT molecular complexity index is 302. The van der Waals surface area contributed by atoms with Gasteiger partial charge in [0, 0.05) is 25.6 Å². The van der Waals surface area contributed by atoms with Crippen LogP contribution in [0.1, 0.15) is 5.56 Å². The number of aliphatic hydroxyl groups is 1. The summed E-state index contributed by atoms with van der Waals surface area (Å²) in [4.78, 5) is 2.26. The molecule has 1 aliphatic rings. The van der Waals surface area contributed by atoms with Crippen molar-refractivity contribution in [3.63, 3.8) is 0 Å². The highest BCUT2D eigenvalue weighted by Gasteiger charge is 2.29. The maximum atomic E-state index is 9.72. The lowest BCUT2D eigenvalue weighted by Crippen LogP contribution is -2.25. The number of aliphatic hydroxyl groups excluding tert-OH is 1. The van der Waals surface area contributed by atoms with E-state index in [0.717, 1.165) is 19.6 Å². The fraction of sp³-hybridized carbons (Fsp3) is 0.500. The van der Waals surface area contributed by atoms with E-state index < -0.39 is 0 Å². The van der Waals surface area contributed by atoms with Crippen molar-refractivity contribution in [3.8, 4) is 0 Å². The highest BCUT2D eigenvalue weighted by atomic mass is 16.3. The number of nitrogens with zero attached hydrogens (tertiary/aromatic N) is 1. The van der Waals surface area contributed by atoms with E-state index in [1.807, 2.05) is 18.2 Å². The summed E-state index contributed by atoms with van der Waals surface area (Å²) in [5.41, 5.74) is 6.89. The summed E-state index contributed by atoms with van der Waals surface area (Å²) in [6, 6.07) is 10.3. The zero-order valence-corrected chi connectivity index (χ0v) is 8.84. The van der Waals surface area contributed by atoms with Crippen LogP contribution < -0.4 is 5.73 Å². The molecule has 3 heteroatoms. The molecule has 1 heterocycles. The molecular weight excluding hydrogens is 188 g/mol. The second kappa shape index (κ2) is 4.75. The molecule has 0 radical (unpaired) electrons. The van der Waals surface area contributed by atoms with Crippen molar-refractivity contribution in [1.29, 1.82) is 0 Å². The Morgan fingerprint density at radius 2 is 2.00 bits per heavy atom. The lowest BCUT2D eigenvalue weighted by atomic mass is 10.1. The molecule has 1 fully saturated rings. The monoisotopic (exact) mass is 206 g/mol. The van der Waals surface area contributed by atoms with Crippen molar-refractivity contribution in [3.05, 3.63) is 35.9 Å². The van der Waals surface area contributed by atoms with E-state index in [9.17, 15) is 5.11 Å². The van der Waals surface area contributed by atoms with Gasteiger partial charge in [-0.05, 0) is 12.1 Å². The fourth-order valence-corrected chi connectivity index (χ4v) is 2.14. The van der Waals surface area contributed by atoms with Crippen molar-refractivity contribution in [2.45, 2.75) is 12.6 Å². The molecule has 0 bridgehead atoms. The topological polar surface area (TPSA) is 49.5 Å². The number of β-amino-alcohol motifs (C(OH)–C–C–N with tert-alkyl or cyclic N) is 1. The van der Waals surface area contributed by atoms with Crippen LogP contribution in [0, 0.1) is 5.92 Å². The van der Waals surface area contributed by atoms with Gasteiger partial charge in [0.25, 0.3) is 0 Å². The molecule has 1 aromatic rings. The van der Waals surface area contributed by atoms with Crippen LogP contribution in [0.5, 0.6) is 0 Å². The summed E-state index contributed by atoms with van der Waals surface area (Å²) in [5, 5.41) is 9.72. The summed E-state index contributed by atoms with van der Waals surface area (Å²) in [6.07, 6.45) is -0.251. The molecule has 0 saturated carbocycles. The smallest absolute Gasteiger partial charge is 0.0719 e. The van der Waals surface area contributed by atoms with Gasteiger partial charge in [0.05, 0.1) is 6.10 Å². The third-order valence-electron chi connectivity index (χ3n) is 3.03. The standard InChI is InChI=1S/C12H18N2O/c13-6-11-8-14(9-12(11)15)7-10-4-2-1-3-5-10/h1-5,11-12,15H,6-9,13H2. The molecule has 0 aliphatic carbocycles. The van der Waals surface area contributed by atoms with Crippen LogP contribution in [-0.4, -0.2) is 35.7 Å². The van der Waals surface area contributed by atoms with E-state index >= 15 is 0 Å². The molecule has 1 aromatic carbocycles. The van der Waals surface area contributed by atoms with Gasteiger partial charge < -0.3 is 10.8 Å². The van der Waals surface area contributed by atoms with Crippen molar-refractivity contribution in [2.75, 3.05) is 19.6 Å². The number of hydrogen-bond acceptors (Lipinski definition) is 3. The number of nitrogens with two attached hydrogens (primary N) is 1. The zero-order chi connectivity index (χ0) is 10.7. The van der Waals surface area contributed by atoms with Gasteiger partial charge in [0.1, 0.15) is 0 Å². The van der Waals surface area contributed by atoms with Gasteiger partial charge in [-0.2, -0.15) is 0 Å². The Morgan fingerprint density at radius 1 is 1.27 bits per heavy atom. The van der Waals surface area contributed by atoms with E-state index in [2.05, 4.69) is 17.0 Å². The minimum Gasteiger partial charge on any atom is -0.391 e. The van der Waals surface area contributed by atoms with Gasteiger partial charge in [0.15, 0.2) is 0 Å². The summed E-state index contributed by atoms with van der Waals surface area (Å²) in [6.45, 7) is 3.14. The maximum Gasteiger partial charge on any atom is 0.0719 e. The van der Waals surface area contributed by atoms with Gasteiger partial charge >= 0.3 is 0 Å². The quantitative estimate of drug-likeness (QED) is 0.754. The van der Waals surface area contributed by atoms with Gasteiger partial charge in [-0.25, -0.2) is 0 Å². The molecule has 3 N–H and O–H groups in total. The first-order chi connectivity index (χ1) is 7.29. The van der Waals surface area contributed by atoms with E-state index in [1.54, 1.807) is 0 Å². The van der Waals surface area contributed by atoms with Gasteiger partial charge in [-0.3, -0.25) is 4.90 Å². The molecule has 1 aliphatic heterocycles. The van der Waals surface area contributed by atoms with Crippen LogP contribution in [0.25, 0.3) is 0 Å². The molecule has 82 valence electrons. The second-order valence-electron chi connectivity index (χ2n) is 4.24. The number of rotatable bonds is 3. The van der Waals surface area contributed by atoms with Crippen molar-refractivity contribution in [2.24, 2.45) is 11.7 Å². The van der Waals surface area contributed by atoms with Crippen molar-refractivity contribution < 1.29 is 5.11 Å². The van der Waals surface area contributed by atoms with E-state index in [-0.39, 0.29) is 12.0 Å². The van der Waals surface area contributed by atoms with Crippen LogP contribution in [0.4, 0.5) is 0 Å². The summed E-state index contributed by atoms with van der Waals surface area (Å²) >= 11 is 0. The third kappa shape index (κ3) is 2.56. The molecule has 2 rings (SSSR count). The molecule has 3 nitrogen and oxygen atoms in total. The lowest BCUT2D eigenvalue weighted by Gasteiger charge is -2.14.